The Labute approximate surface area is 76.6 Å². The zero-order chi connectivity index (χ0) is 10.6. The highest BCUT2D eigenvalue weighted by Crippen LogP contribution is 2.15. The summed E-state index contributed by atoms with van der Waals surface area (Å²) in [4.78, 5) is 21.7. The first-order valence-corrected chi connectivity index (χ1v) is 3.75. The molecule has 0 atom stereocenters. The van der Waals surface area contributed by atoms with Crippen LogP contribution in [0.15, 0.2) is 11.8 Å². The predicted molar refractivity (Wildman–Crippen MR) is 47.5 cm³/mol. The number of rotatable bonds is 3. The van der Waals surface area contributed by atoms with E-state index in [4.69, 9.17) is 10.9 Å². The molecule has 0 aliphatic rings. The van der Waals surface area contributed by atoms with Crippen LogP contribution in [0.3, 0.4) is 0 Å². The van der Waals surface area contributed by atoms with E-state index >= 15 is 0 Å². The molecule has 4 N–H and O–H groups in total. The lowest BCUT2D eigenvalue weighted by Gasteiger charge is -2.13. The highest BCUT2D eigenvalue weighted by molar-refractivity contribution is 6.00. The van der Waals surface area contributed by atoms with E-state index in [-0.39, 0.29) is 11.5 Å². The lowest BCUT2D eigenvalue weighted by atomic mass is 9.90. The van der Waals surface area contributed by atoms with Crippen molar-refractivity contribution in [2.24, 2.45) is 11.3 Å². The van der Waals surface area contributed by atoms with Crippen molar-refractivity contribution in [2.45, 2.75) is 20.8 Å². The SMILES string of the molecule is CC(C)(C)C(=O)C=C(NN)C(=O)O. The summed E-state index contributed by atoms with van der Waals surface area (Å²) in [6.45, 7) is 5.09. The van der Waals surface area contributed by atoms with Crippen molar-refractivity contribution in [3.63, 3.8) is 0 Å². The minimum Gasteiger partial charge on any atom is -0.477 e. The van der Waals surface area contributed by atoms with Crippen LogP contribution in [-0.2, 0) is 9.59 Å². The number of nitrogens with two attached hydrogens (primary N) is 1. The normalized spacial score (nSPS) is 12.5. The monoisotopic (exact) mass is 186 g/mol. The van der Waals surface area contributed by atoms with Crippen molar-refractivity contribution in [2.75, 3.05) is 0 Å². The third kappa shape index (κ3) is 3.71. The van der Waals surface area contributed by atoms with Crippen molar-refractivity contribution in [3.05, 3.63) is 11.8 Å². The van der Waals surface area contributed by atoms with E-state index in [0.29, 0.717) is 0 Å². The van der Waals surface area contributed by atoms with E-state index in [0.717, 1.165) is 6.08 Å². The Morgan fingerprint density at radius 1 is 1.38 bits per heavy atom. The van der Waals surface area contributed by atoms with Crippen LogP contribution in [0, 0.1) is 5.41 Å². The number of hydrogen-bond acceptors (Lipinski definition) is 4. The maximum atomic E-state index is 11.3. The summed E-state index contributed by atoms with van der Waals surface area (Å²) in [6, 6.07) is 0. The summed E-state index contributed by atoms with van der Waals surface area (Å²) in [6.07, 6.45) is 0.988. The standard InChI is InChI=1S/C8H14N2O3/c1-8(2,3)6(11)4-5(10-9)7(12)13/h4,10H,9H2,1-3H3,(H,12,13). The third-order valence-electron chi connectivity index (χ3n) is 1.40. The van der Waals surface area contributed by atoms with Crippen LogP contribution in [0.4, 0.5) is 0 Å². The Balaban J connectivity index is 4.73. The van der Waals surface area contributed by atoms with E-state index in [1.165, 1.54) is 0 Å². The van der Waals surface area contributed by atoms with Crippen LogP contribution < -0.4 is 11.3 Å². The molecule has 5 nitrogen and oxygen atoms in total. The van der Waals surface area contributed by atoms with Crippen LogP contribution >= 0.6 is 0 Å². The number of hydrogen-bond donors (Lipinski definition) is 3. The molecule has 74 valence electrons. The topological polar surface area (TPSA) is 92.4 Å². The molecule has 0 bridgehead atoms. The molecule has 0 spiro atoms. The van der Waals surface area contributed by atoms with E-state index in [2.05, 4.69) is 0 Å². The van der Waals surface area contributed by atoms with Gasteiger partial charge in [0.1, 0.15) is 5.70 Å². The minimum atomic E-state index is -1.25. The average molecular weight is 186 g/mol. The van der Waals surface area contributed by atoms with Gasteiger partial charge in [0, 0.05) is 11.5 Å². The number of carbonyl (C=O) groups is 2. The molecule has 0 unspecified atom stereocenters. The fourth-order valence-electron chi connectivity index (χ4n) is 0.513. The molecule has 0 saturated carbocycles. The second-order valence-corrected chi connectivity index (χ2v) is 3.62. The Bertz CT molecular complexity index is 251. The number of carbonyl (C=O) groups excluding carboxylic acids is 1. The van der Waals surface area contributed by atoms with Crippen LogP contribution in [0.1, 0.15) is 20.8 Å². The highest BCUT2D eigenvalue weighted by Gasteiger charge is 2.20. The van der Waals surface area contributed by atoms with Gasteiger partial charge in [-0.25, -0.2) is 4.79 Å². The van der Waals surface area contributed by atoms with Crippen molar-refractivity contribution in [1.29, 1.82) is 0 Å². The lowest BCUT2D eigenvalue weighted by Crippen LogP contribution is -2.29. The quantitative estimate of drug-likeness (QED) is 0.328. The number of carboxylic acids is 1. The van der Waals surface area contributed by atoms with Gasteiger partial charge in [-0.1, -0.05) is 20.8 Å². The number of hydrazine groups is 1. The molecule has 0 amide bonds. The molecule has 0 radical (unpaired) electrons. The number of carboxylic acid groups (broad SMARTS) is 1. The molecule has 0 aromatic rings. The van der Waals surface area contributed by atoms with E-state index in [1.54, 1.807) is 20.8 Å². The summed E-state index contributed by atoms with van der Waals surface area (Å²) in [5.41, 5.74) is 1.04. The van der Waals surface area contributed by atoms with Gasteiger partial charge in [-0.3, -0.25) is 10.6 Å². The van der Waals surface area contributed by atoms with Gasteiger partial charge in [0.2, 0.25) is 0 Å². The minimum absolute atomic E-state index is 0.289. The number of ketones is 1. The van der Waals surface area contributed by atoms with Crippen LogP contribution in [0.5, 0.6) is 0 Å². The highest BCUT2D eigenvalue weighted by atomic mass is 16.4. The first-order valence-electron chi connectivity index (χ1n) is 3.75. The molecular weight excluding hydrogens is 172 g/mol. The summed E-state index contributed by atoms with van der Waals surface area (Å²) in [5, 5.41) is 8.52. The van der Waals surface area contributed by atoms with Crippen molar-refractivity contribution >= 4 is 11.8 Å². The molecule has 0 aliphatic carbocycles. The Hall–Kier alpha value is -1.36. The molecular formula is C8H14N2O3. The molecule has 5 heteroatoms. The van der Waals surface area contributed by atoms with Crippen LogP contribution in [0.25, 0.3) is 0 Å². The zero-order valence-electron chi connectivity index (χ0n) is 7.92. The van der Waals surface area contributed by atoms with E-state index < -0.39 is 11.4 Å². The van der Waals surface area contributed by atoms with Gasteiger partial charge in [-0.05, 0) is 0 Å². The Morgan fingerprint density at radius 3 is 2.08 bits per heavy atom. The molecule has 0 aliphatic heterocycles. The van der Waals surface area contributed by atoms with E-state index in [9.17, 15) is 9.59 Å². The van der Waals surface area contributed by atoms with Gasteiger partial charge in [0.25, 0.3) is 0 Å². The van der Waals surface area contributed by atoms with Gasteiger partial charge >= 0.3 is 5.97 Å². The van der Waals surface area contributed by atoms with Crippen molar-refractivity contribution < 1.29 is 14.7 Å². The largest absolute Gasteiger partial charge is 0.477 e. The van der Waals surface area contributed by atoms with Gasteiger partial charge in [-0.15, -0.1) is 0 Å². The maximum absolute atomic E-state index is 11.3. The van der Waals surface area contributed by atoms with Gasteiger partial charge in [-0.2, -0.15) is 0 Å². The first kappa shape index (κ1) is 11.6. The predicted octanol–water partition coefficient (Wildman–Crippen LogP) is 0.0334. The Kier molecular flexibility index (Phi) is 3.62. The molecule has 0 saturated heterocycles. The zero-order valence-corrected chi connectivity index (χ0v) is 7.92. The first-order chi connectivity index (χ1) is 5.79. The molecule has 0 heterocycles. The second kappa shape index (κ2) is 4.04. The third-order valence-corrected chi connectivity index (χ3v) is 1.40. The van der Waals surface area contributed by atoms with Gasteiger partial charge < -0.3 is 10.5 Å². The summed E-state index contributed by atoms with van der Waals surface area (Å²) in [5.74, 6) is 3.37. The number of allylic oxidation sites excluding steroid dienone is 1. The Morgan fingerprint density at radius 2 is 1.85 bits per heavy atom. The summed E-state index contributed by atoms with van der Waals surface area (Å²) in [7, 11) is 0. The van der Waals surface area contributed by atoms with Crippen molar-refractivity contribution in [1.82, 2.24) is 5.43 Å². The van der Waals surface area contributed by atoms with Crippen molar-refractivity contribution in [3.8, 4) is 0 Å². The lowest BCUT2D eigenvalue weighted by molar-refractivity contribution is -0.133. The second-order valence-electron chi connectivity index (χ2n) is 3.62. The van der Waals surface area contributed by atoms with Crippen LogP contribution in [0.2, 0.25) is 0 Å². The molecule has 0 aromatic heterocycles. The average Bonchev–Trinajstić information content (AvgIpc) is 1.96. The summed E-state index contributed by atoms with van der Waals surface area (Å²) >= 11 is 0. The molecule has 0 fully saturated rings. The fraction of sp³-hybridized carbons (Fsp3) is 0.500. The van der Waals surface area contributed by atoms with E-state index in [1.807, 2.05) is 5.43 Å². The smallest absolute Gasteiger partial charge is 0.353 e. The number of aliphatic carboxylic acids is 1. The maximum Gasteiger partial charge on any atom is 0.353 e. The summed E-state index contributed by atoms with van der Waals surface area (Å²) < 4.78 is 0. The fourth-order valence-corrected chi connectivity index (χ4v) is 0.513. The molecule has 0 rings (SSSR count). The van der Waals surface area contributed by atoms with Gasteiger partial charge in [0.15, 0.2) is 5.78 Å². The molecule has 0 aromatic carbocycles. The molecule has 13 heavy (non-hydrogen) atoms. The van der Waals surface area contributed by atoms with Gasteiger partial charge in [0.05, 0.1) is 0 Å². The number of nitrogens with one attached hydrogen (secondary N) is 1. The van der Waals surface area contributed by atoms with Crippen LogP contribution in [-0.4, -0.2) is 16.9 Å².